The maximum absolute atomic E-state index is 10.4. The van der Waals surface area contributed by atoms with Crippen LogP contribution in [0.1, 0.15) is 18.2 Å². The van der Waals surface area contributed by atoms with E-state index in [1.807, 2.05) is 6.92 Å². The predicted molar refractivity (Wildman–Crippen MR) is 45.0 cm³/mol. The largest absolute Gasteiger partial charge is 0.290 e. The molecule has 4 heteroatoms. The molecule has 0 atom stereocenters. The average molecular weight is 166 g/mol. The van der Waals surface area contributed by atoms with Crippen molar-refractivity contribution < 1.29 is 4.92 Å². The van der Waals surface area contributed by atoms with Crippen molar-refractivity contribution in [2.24, 2.45) is 0 Å². The SMILES string of the molecule is CCc1cc(C)c([N+](=O)[O-])cn1. The smallest absolute Gasteiger partial charge is 0.258 e. The van der Waals surface area contributed by atoms with Crippen LogP contribution in [0.15, 0.2) is 12.3 Å². The Morgan fingerprint density at radius 2 is 2.33 bits per heavy atom. The van der Waals surface area contributed by atoms with Gasteiger partial charge in [0.05, 0.1) is 4.92 Å². The van der Waals surface area contributed by atoms with E-state index in [2.05, 4.69) is 4.98 Å². The third-order valence-corrected chi connectivity index (χ3v) is 1.70. The highest BCUT2D eigenvalue weighted by Gasteiger charge is 2.10. The minimum absolute atomic E-state index is 0.0900. The molecule has 0 aromatic carbocycles. The minimum atomic E-state index is -0.415. The second kappa shape index (κ2) is 3.30. The third-order valence-electron chi connectivity index (χ3n) is 1.70. The molecule has 0 fully saturated rings. The zero-order chi connectivity index (χ0) is 9.14. The number of pyridine rings is 1. The van der Waals surface area contributed by atoms with Crippen molar-refractivity contribution in [2.45, 2.75) is 20.3 Å². The molecular weight excluding hydrogens is 156 g/mol. The van der Waals surface area contributed by atoms with Crippen LogP contribution in [0.25, 0.3) is 0 Å². The topological polar surface area (TPSA) is 56.0 Å². The van der Waals surface area contributed by atoms with E-state index in [0.717, 1.165) is 12.1 Å². The molecule has 1 heterocycles. The first-order valence-electron chi connectivity index (χ1n) is 3.75. The quantitative estimate of drug-likeness (QED) is 0.497. The molecule has 0 bridgehead atoms. The van der Waals surface area contributed by atoms with Crippen molar-refractivity contribution >= 4 is 5.69 Å². The Bertz CT molecular complexity index is 310. The number of rotatable bonds is 2. The van der Waals surface area contributed by atoms with Crippen molar-refractivity contribution in [1.29, 1.82) is 0 Å². The van der Waals surface area contributed by atoms with Gasteiger partial charge in [0.1, 0.15) is 6.20 Å². The third kappa shape index (κ3) is 1.58. The molecule has 0 saturated carbocycles. The van der Waals surface area contributed by atoms with Crippen LogP contribution in [-0.4, -0.2) is 9.91 Å². The second-order valence-corrected chi connectivity index (χ2v) is 2.57. The van der Waals surface area contributed by atoms with Crippen LogP contribution >= 0.6 is 0 Å². The Morgan fingerprint density at radius 1 is 1.67 bits per heavy atom. The molecule has 0 N–H and O–H groups in total. The summed E-state index contributed by atoms with van der Waals surface area (Å²) in [5, 5.41) is 10.4. The molecule has 4 nitrogen and oxygen atoms in total. The van der Waals surface area contributed by atoms with E-state index in [-0.39, 0.29) is 5.69 Å². The highest BCUT2D eigenvalue weighted by molar-refractivity contribution is 5.37. The van der Waals surface area contributed by atoms with Gasteiger partial charge in [-0.15, -0.1) is 0 Å². The van der Waals surface area contributed by atoms with Gasteiger partial charge in [-0.1, -0.05) is 6.92 Å². The molecule has 0 radical (unpaired) electrons. The first-order valence-corrected chi connectivity index (χ1v) is 3.75. The van der Waals surface area contributed by atoms with Gasteiger partial charge in [0.25, 0.3) is 5.69 Å². The van der Waals surface area contributed by atoms with Crippen molar-refractivity contribution in [1.82, 2.24) is 4.98 Å². The molecule has 12 heavy (non-hydrogen) atoms. The number of hydrogen-bond donors (Lipinski definition) is 0. The molecule has 0 aliphatic heterocycles. The Hall–Kier alpha value is -1.45. The number of hydrogen-bond acceptors (Lipinski definition) is 3. The summed E-state index contributed by atoms with van der Waals surface area (Å²) in [7, 11) is 0. The van der Waals surface area contributed by atoms with E-state index in [9.17, 15) is 10.1 Å². The normalized spacial score (nSPS) is 9.83. The highest BCUT2D eigenvalue weighted by Crippen LogP contribution is 2.16. The Morgan fingerprint density at radius 3 is 2.75 bits per heavy atom. The van der Waals surface area contributed by atoms with Gasteiger partial charge in [0.2, 0.25) is 0 Å². The van der Waals surface area contributed by atoms with Crippen LogP contribution in [0.3, 0.4) is 0 Å². The molecule has 0 amide bonds. The summed E-state index contributed by atoms with van der Waals surface area (Å²) in [5.41, 5.74) is 1.65. The van der Waals surface area contributed by atoms with E-state index < -0.39 is 4.92 Å². The summed E-state index contributed by atoms with van der Waals surface area (Å²) in [6.45, 7) is 3.69. The van der Waals surface area contributed by atoms with Crippen LogP contribution in [-0.2, 0) is 6.42 Å². The van der Waals surface area contributed by atoms with E-state index in [1.54, 1.807) is 13.0 Å². The molecule has 0 unspecified atom stereocenters. The maximum atomic E-state index is 10.4. The maximum Gasteiger partial charge on any atom is 0.290 e. The second-order valence-electron chi connectivity index (χ2n) is 2.57. The van der Waals surface area contributed by atoms with E-state index in [0.29, 0.717) is 5.56 Å². The van der Waals surface area contributed by atoms with E-state index >= 15 is 0 Å². The zero-order valence-electron chi connectivity index (χ0n) is 7.07. The Kier molecular flexibility index (Phi) is 2.38. The fraction of sp³-hybridized carbons (Fsp3) is 0.375. The minimum Gasteiger partial charge on any atom is -0.258 e. The lowest BCUT2D eigenvalue weighted by Gasteiger charge is -1.98. The fourth-order valence-corrected chi connectivity index (χ4v) is 0.991. The average Bonchev–Trinajstić information content (AvgIpc) is 2.03. The number of aryl methyl sites for hydroxylation is 2. The van der Waals surface area contributed by atoms with Crippen LogP contribution in [0.2, 0.25) is 0 Å². The first kappa shape index (κ1) is 8.64. The van der Waals surface area contributed by atoms with E-state index in [1.165, 1.54) is 6.20 Å². The molecule has 64 valence electrons. The lowest BCUT2D eigenvalue weighted by molar-refractivity contribution is -0.385. The number of aromatic nitrogens is 1. The highest BCUT2D eigenvalue weighted by atomic mass is 16.6. The molecule has 1 rings (SSSR count). The van der Waals surface area contributed by atoms with E-state index in [4.69, 9.17) is 0 Å². The Balaban J connectivity index is 3.12. The van der Waals surface area contributed by atoms with Gasteiger partial charge in [-0.05, 0) is 19.4 Å². The van der Waals surface area contributed by atoms with Gasteiger partial charge in [-0.3, -0.25) is 15.1 Å². The van der Waals surface area contributed by atoms with Gasteiger partial charge in [-0.2, -0.15) is 0 Å². The van der Waals surface area contributed by atoms with Gasteiger partial charge in [0.15, 0.2) is 0 Å². The lowest BCUT2D eigenvalue weighted by atomic mass is 10.2. The van der Waals surface area contributed by atoms with Gasteiger partial charge >= 0.3 is 0 Å². The predicted octanol–water partition coefficient (Wildman–Crippen LogP) is 1.86. The number of nitro groups is 1. The van der Waals surface area contributed by atoms with Crippen molar-refractivity contribution in [2.75, 3.05) is 0 Å². The monoisotopic (exact) mass is 166 g/mol. The van der Waals surface area contributed by atoms with Gasteiger partial charge in [-0.25, -0.2) is 0 Å². The summed E-state index contributed by atoms with van der Waals surface area (Å²) in [5.74, 6) is 0. The zero-order valence-corrected chi connectivity index (χ0v) is 7.07. The summed E-state index contributed by atoms with van der Waals surface area (Å²) in [6.07, 6.45) is 2.12. The summed E-state index contributed by atoms with van der Waals surface area (Å²) < 4.78 is 0. The Labute approximate surface area is 70.4 Å². The first-order chi connectivity index (χ1) is 5.65. The molecule has 1 aromatic heterocycles. The van der Waals surface area contributed by atoms with Crippen LogP contribution in [0.5, 0.6) is 0 Å². The molecule has 0 aliphatic carbocycles. The van der Waals surface area contributed by atoms with Crippen molar-refractivity contribution in [3.63, 3.8) is 0 Å². The molecule has 0 aliphatic rings. The number of nitrogens with zero attached hydrogens (tertiary/aromatic N) is 2. The summed E-state index contributed by atoms with van der Waals surface area (Å²) in [6, 6.07) is 1.75. The molecule has 0 spiro atoms. The van der Waals surface area contributed by atoms with Gasteiger partial charge in [0, 0.05) is 11.3 Å². The van der Waals surface area contributed by atoms with Crippen molar-refractivity contribution in [3.8, 4) is 0 Å². The van der Waals surface area contributed by atoms with Crippen LogP contribution in [0.4, 0.5) is 5.69 Å². The summed E-state index contributed by atoms with van der Waals surface area (Å²) >= 11 is 0. The molecule has 1 aromatic rings. The fourth-order valence-electron chi connectivity index (χ4n) is 0.991. The molecule has 0 saturated heterocycles. The standard InChI is InChI=1S/C8H10N2O2/c1-3-7-4-6(2)8(5-9-7)10(11)12/h4-5H,3H2,1-2H3. The van der Waals surface area contributed by atoms with Gasteiger partial charge < -0.3 is 0 Å². The molecular formula is C8H10N2O2. The summed E-state index contributed by atoms with van der Waals surface area (Å²) in [4.78, 5) is 13.9. The lowest BCUT2D eigenvalue weighted by Crippen LogP contribution is -1.95. The van der Waals surface area contributed by atoms with Crippen LogP contribution < -0.4 is 0 Å². The van der Waals surface area contributed by atoms with Crippen molar-refractivity contribution in [3.05, 3.63) is 33.6 Å². The van der Waals surface area contributed by atoms with Crippen LogP contribution in [0, 0.1) is 17.0 Å².